The van der Waals surface area contributed by atoms with E-state index in [4.69, 9.17) is 0 Å². The molecule has 3 aromatic carbocycles. The van der Waals surface area contributed by atoms with Crippen LogP contribution in [0.25, 0.3) is 0 Å². The van der Waals surface area contributed by atoms with Gasteiger partial charge < -0.3 is 26.0 Å². The van der Waals surface area contributed by atoms with E-state index in [1.165, 1.54) is 4.90 Å². The predicted molar refractivity (Wildman–Crippen MR) is 130 cm³/mol. The van der Waals surface area contributed by atoms with Crippen LogP contribution in [0.1, 0.15) is 23.1 Å². The largest absolute Gasteiger partial charge is 0.392 e. The van der Waals surface area contributed by atoms with E-state index >= 15 is 0 Å². The number of amides is 4. The normalized spacial score (nSPS) is 16.7. The monoisotopic (exact) mass is 458 g/mol. The minimum Gasteiger partial charge on any atom is -0.392 e. The molecule has 1 aliphatic rings. The van der Waals surface area contributed by atoms with Crippen LogP contribution in [0.15, 0.2) is 72.8 Å². The summed E-state index contributed by atoms with van der Waals surface area (Å²) in [4.78, 5) is 41.0. The van der Waals surface area contributed by atoms with Crippen molar-refractivity contribution in [2.75, 3.05) is 22.6 Å². The molecule has 0 spiro atoms. The quantitative estimate of drug-likeness (QED) is 0.453. The summed E-state index contributed by atoms with van der Waals surface area (Å²) >= 11 is 0. The van der Waals surface area contributed by atoms with E-state index in [0.717, 1.165) is 5.56 Å². The van der Waals surface area contributed by atoms with Gasteiger partial charge in [-0.05, 0) is 42.8 Å². The molecule has 1 aliphatic heterocycles. The number of para-hydroxylation sites is 1. The van der Waals surface area contributed by atoms with Crippen molar-refractivity contribution >= 4 is 34.9 Å². The Balaban J connectivity index is 1.62. The van der Waals surface area contributed by atoms with Crippen LogP contribution in [0.5, 0.6) is 0 Å². The zero-order chi connectivity index (χ0) is 24.3. The molecule has 34 heavy (non-hydrogen) atoms. The molecule has 8 heteroatoms. The van der Waals surface area contributed by atoms with Crippen molar-refractivity contribution in [1.82, 2.24) is 5.32 Å². The maximum absolute atomic E-state index is 13.5. The topological polar surface area (TPSA) is 111 Å². The third kappa shape index (κ3) is 4.49. The second-order valence-electron chi connectivity index (χ2n) is 8.31. The van der Waals surface area contributed by atoms with Gasteiger partial charge in [-0.15, -0.1) is 0 Å². The highest BCUT2D eigenvalue weighted by Gasteiger charge is 2.52. The van der Waals surface area contributed by atoms with Crippen LogP contribution < -0.4 is 20.9 Å². The molecule has 0 aliphatic carbocycles. The van der Waals surface area contributed by atoms with Crippen LogP contribution in [0.3, 0.4) is 0 Å². The minimum absolute atomic E-state index is 0.102. The Labute approximate surface area is 197 Å². The molecule has 174 valence electrons. The van der Waals surface area contributed by atoms with Crippen molar-refractivity contribution in [2.24, 2.45) is 0 Å². The highest BCUT2D eigenvalue weighted by Crippen LogP contribution is 2.41. The van der Waals surface area contributed by atoms with Gasteiger partial charge >= 0.3 is 6.03 Å². The number of fused-ring (bicyclic) bond motifs is 1. The van der Waals surface area contributed by atoms with E-state index in [2.05, 4.69) is 16.0 Å². The van der Waals surface area contributed by atoms with Crippen LogP contribution in [0, 0.1) is 6.92 Å². The summed E-state index contributed by atoms with van der Waals surface area (Å²) in [5.74, 6) is -0.843. The number of aliphatic hydroxyl groups excluding tert-OH is 1. The van der Waals surface area contributed by atoms with Crippen LogP contribution in [-0.2, 0) is 21.7 Å². The molecule has 4 amide bonds. The zero-order valence-electron chi connectivity index (χ0n) is 19.0. The van der Waals surface area contributed by atoms with Gasteiger partial charge in [-0.1, -0.05) is 48.0 Å². The summed E-state index contributed by atoms with van der Waals surface area (Å²) in [5, 5.41) is 17.5. The van der Waals surface area contributed by atoms with E-state index in [9.17, 15) is 19.5 Å². The maximum Gasteiger partial charge on any atom is 0.320 e. The summed E-state index contributed by atoms with van der Waals surface area (Å²) in [6, 6.07) is 20.5. The fourth-order valence-electron chi connectivity index (χ4n) is 4.11. The fourth-order valence-corrected chi connectivity index (χ4v) is 4.11. The summed E-state index contributed by atoms with van der Waals surface area (Å²) in [6.45, 7) is 1.84. The number of hydrogen-bond donors (Lipinski definition) is 4. The van der Waals surface area contributed by atoms with Crippen LogP contribution in [0.4, 0.5) is 21.9 Å². The Kier molecular flexibility index (Phi) is 6.34. The van der Waals surface area contributed by atoms with Crippen molar-refractivity contribution in [3.05, 3.63) is 89.5 Å². The SMILES string of the molecule is Cc1ccc(NC(=O)N[C@@]2(CC(=O)Nc3ccc(CO)cc3)C(=O)N(C)c3ccccc32)cc1. The van der Waals surface area contributed by atoms with Gasteiger partial charge in [0.15, 0.2) is 5.54 Å². The Bertz CT molecular complexity index is 1220. The first-order chi connectivity index (χ1) is 16.3. The number of carbonyl (C=O) groups is 3. The number of benzene rings is 3. The van der Waals surface area contributed by atoms with E-state index in [0.29, 0.717) is 28.2 Å². The summed E-state index contributed by atoms with van der Waals surface area (Å²) in [7, 11) is 1.62. The molecule has 4 N–H and O–H groups in total. The number of urea groups is 1. The number of anilines is 3. The average Bonchev–Trinajstić information content (AvgIpc) is 3.03. The highest BCUT2D eigenvalue weighted by molar-refractivity contribution is 6.12. The third-order valence-corrected chi connectivity index (χ3v) is 5.88. The Morgan fingerprint density at radius 1 is 0.912 bits per heavy atom. The molecule has 1 atom stereocenters. The van der Waals surface area contributed by atoms with E-state index < -0.39 is 23.4 Å². The van der Waals surface area contributed by atoms with Gasteiger partial charge in [0.2, 0.25) is 5.91 Å². The number of rotatable bonds is 6. The lowest BCUT2D eigenvalue weighted by Gasteiger charge is -2.29. The summed E-state index contributed by atoms with van der Waals surface area (Å²) in [5.41, 5.74) is 2.45. The molecule has 0 fully saturated rings. The predicted octanol–water partition coefficient (Wildman–Crippen LogP) is 3.51. The number of likely N-dealkylation sites (N-methyl/N-ethyl adjacent to an activating group) is 1. The third-order valence-electron chi connectivity index (χ3n) is 5.88. The first-order valence-corrected chi connectivity index (χ1v) is 10.9. The molecular formula is C26H26N4O4. The van der Waals surface area contributed by atoms with E-state index in [1.54, 1.807) is 67.7 Å². The lowest BCUT2D eigenvalue weighted by Crippen LogP contribution is -2.55. The van der Waals surface area contributed by atoms with Gasteiger partial charge in [-0.3, -0.25) is 9.59 Å². The molecule has 0 saturated heterocycles. The second-order valence-corrected chi connectivity index (χ2v) is 8.31. The van der Waals surface area contributed by atoms with E-state index in [-0.39, 0.29) is 13.0 Å². The Hall–Kier alpha value is -4.17. The van der Waals surface area contributed by atoms with Gasteiger partial charge in [0, 0.05) is 29.7 Å². The van der Waals surface area contributed by atoms with Crippen molar-refractivity contribution in [3.8, 4) is 0 Å². The van der Waals surface area contributed by atoms with E-state index in [1.807, 2.05) is 19.1 Å². The molecule has 1 heterocycles. The molecule has 0 bridgehead atoms. The molecule has 0 radical (unpaired) electrons. The number of hydrogen-bond acceptors (Lipinski definition) is 4. The first-order valence-electron chi connectivity index (χ1n) is 10.9. The molecule has 8 nitrogen and oxygen atoms in total. The van der Waals surface area contributed by atoms with Crippen molar-refractivity contribution in [2.45, 2.75) is 25.5 Å². The molecule has 0 aromatic heterocycles. The number of nitrogens with zero attached hydrogens (tertiary/aromatic N) is 1. The summed E-state index contributed by atoms with van der Waals surface area (Å²) in [6.07, 6.45) is -0.295. The number of carbonyl (C=O) groups excluding carboxylic acids is 3. The van der Waals surface area contributed by atoms with Crippen molar-refractivity contribution in [1.29, 1.82) is 0 Å². The lowest BCUT2D eigenvalue weighted by molar-refractivity contribution is -0.128. The Morgan fingerprint density at radius 2 is 1.53 bits per heavy atom. The fraction of sp³-hybridized carbons (Fsp3) is 0.192. The first kappa shape index (κ1) is 23.0. The average molecular weight is 459 g/mol. The molecule has 4 rings (SSSR count). The minimum atomic E-state index is -1.57. The molecule has 0 unspecified atom stereocenters. The smallest absolute Gasteiger partial charge is 0.320 e. The molecule has 0 saturated carbocycles. The van der Waals surface area contributed by atoms with Crippen molar-refractivity contribution < 1.29 is 19.5 Å². The number of aryl methyl sites for hydroxylation is 1. The lowest BCUT2D eigenvalue weighted by atomic mass is 9.87. The number of nitrogens with one attached hydrogen (secondary N) is 3. The van der Waals surface area contributed by atoms with Gasteiger partial charge in [0.25, 0.3) is 5.91 Å². The van der Waals surface area contributed by atoms with Crippen LogP contribution in [-0.4, -0.2) is 30.0 Å². The number of aliphatic hydroxyl groups is 1. The zero-order valence-corrected chi connectivity index (χ0v) is 19.0. The van der Waals surface area contributed by atoms with Gasteiger partial charge in [0.05, 0.1) is 13.0 Å². The van der Waals surface area contributed by atoms with Gasteiger partial charge in [-0.2, -0.15) is 0 Å². The van der Waals surface area contributed by atoms with Crippen LogP contribution in [0.2, 0.25) is 0 Å². The second kappa shape index (κ2) is 9.36. The van der Waals surface area contributed by atoms with Crippen molar-refractivity contribution in [3.63, 3.8) is 0 Å². The Morgan fingerprint density at radius 3 is 2.21 bits per heavy atom. The maximum atomic E-state index is 13.5. The molecule has 3 aromatic rings. The van der Waals surface area contributed by atoms with Crippen LogP contribution >= 0.6 is 0 Å². The standard InChI is InChI=1S/C26H26N4O4/c1-17-7-11-20(12-8-17)28-25(34)29-26(21-5-3-4-6-22(21)30(2)24(26)33)15-23(32)27-19-13-9-18(16-31)10-14-19/h3-14,31H,15-16H2,1-2H3,(H,27,32)(H2,28,29,34)/t26-/m1/s1. The van der Waals surface area contributed by atoms with Gasteiger partial charge in [0.1, 0.15) is 0 Å². The molecular weight excluding hydrogens is 432 g/mol. The highest BCUT2D eigenvalue weighted by atomic mass is 16.3. The van der Waals surface area contributed by atoms with Gasteiger partial charge in [-0.25, -0.2) is 4.79 Å². The summed E-state index contributed by atoms with van der Waals surface area (Å²) < 4.78 is 0.